The van der Waals surface area contributed by atoms with Crippen LogP contribution in [0.15, 0.2) is 12.1 Å². The number of alkyl halides is 1. The van der Waals surface area contributed by atoms with Crippen molar-refractivity contribution in [1.29, 1.82) is 5.26 Å². The highest BCUT2D eigenvalue weighted by Crippen LogP contribution is 2.19. The predicted molar refractivity (Wildman–Crippen MR) is 58.2 cm³/mol. The van der Waals surface area contributed by atoms with Crippen LogP contribution in [0, 0.1) is 21.8 Å². The monoisotopic (exact) mass is 291 g/mol. The van der Waals surface area contributed by atoms with E-state index in [1.807, 2.05) is 19.1 Å². The number of hydrogen-bond donors (Lipinski definition) is 0. The maximum absolute atomic E-state index is 8.72. The quantitative estimate of drug-likeness (QED) is 0.576. The van der Waals surface area contributed by atoms with Crippen LogP contribution in [0.25, 0.3) is 0 Å². The summed E-state index contributed by atoms with van der Waals surface area (Å²) in [6.07, 6.45) is 0. The van der Waals surface area contributed by atoms with Crippen LogP contribution in [0.5, 0.6) is 0 Å². The van der Waals surface area contributed by atoms with Crippen LogP contribution < -0.4 is 0 Å². The molecule has 0 aliphatic heterocycles. The largest absolute Gasteiger partial charge is 0.192 e. The van der Waals surface area contributed by atoms with E-state index in [4.69, 9.17) is 16.9 Å². The summed E-state index contributed by atoms with van der Waals surface area (Å²) in [4.78, 5) is 0. The van der Waals surface area contributed by atoms with Crippen molar-refractivity contribution in [1.82, 2.24) is 0 Å². The van der Waals surface area contributed by atoms with Gasteiger partial charge in [0.05, 0.1) is 5.56 Å². The van der Waals surface area contributed by atoms with E-state index in [1.54, 1.807) is 0 Å². The minimum absolute atomic E-state index is 0.507. The fourth-order valence-corrected chi connectivity index (χ4v) is 1.89. The standard InChI is InChI=1S/C9H7ClIN/c1-6-2-8(5-12)9(11)3-7(6)4-10/h2-3H,4H2,1H3. The van der Waals surface area contributed by atoms with Crippen molar-refractivity contribution < 1.29 is 0 Å². The molecule has 0 radical (unpaired) electrons. The molecular weight excluding hydrogens is 284 g/mol. The second-order valence-corrected chi connectivity index (χ2v) is 3.93. The fourth-order valence-electron chi connectivity index (χ4n) is 0.952. The lowest BCUT2D eigenvalue weighted by molar-refractivity contribution is 1.27. The first-order chi connectivity index (χ1) is 5.69. The molecule has 0 heterocycles. The van der Waals surface area contributed by atoms with Crippen molar-refractivity contribution in [3.05, 3.63) is 32.4 Å². The van der Waals surface area contributed by atoms with Crippen LogP contribution in [0.4, 0.5) is 0 Å². The van der Waals surface area contributed by atoms with Gasteiger partial charge in [0.2, 0.25) is 0 Å². The summed E-state index contributed by atoms with van der Waals surface area (Å²) < 4.78 is 0.969. The van der Waals surface area contributed by atoms with Gasteiger partial charge in [0.15, 0.2) is 0 Å². The average Bonchev–Trinajstić information content (AvgIpc) is 2.08. The Hall–Kier alpha value is -0.270. The van der Waals surface area contributed by atoms with E-state index < -0.39 is 0 Å². The van der Waals surface area contributed by atoms with Gasteiger partial charge < -0.3 is 0 Å². The SMILES string of the molecule is Cc1cc(C#N)c(I)cc1CCl. The van der Waals surface area contributed by atoms with Crippen molar-refractivity contribution >= 4 is 34.2 Å². The maximum atomic E-state index is 8.72. The summed E-state index contributed by atoms with van der Waals surface area (Å²) in [5, 5.41) is 8.72. The lowest BCUT2D eigenvalue weighted by atomic mass is 10.1. The molecule has 62 valence electrons. The van der Waals surface area contributed by atoms with Gasteiger partial charge in [0.25, 0.3) is 0 Å². The third-order valence-electron chi connectivity index (χ3n) is 1.69. The Labute approximate surface area is 90.5 Å². The lowest BCUT2D eigenvalue weighted by Crippen LogP contribution is -1.90. The molecule has 0 saturated heterocycles. The minimum atomic E-state index is 0.507. The second-order valence-electron chi connectivity index (χ2n) is 2.50. The van der Waals surface area contributed by atoms with Crippen LogP contribution in [0.2, 0.25) is 0 Å². The normalized spacial score (nSPS) is 9.50. The van der Waals surface area contributed by atoms with Gasteiger partial charge in [-0.25, -0.2) is 0 Å². The first-order valence-electron chi connectivity index (χ1n) is 3.44. The van der Waals surface area contributed by atoms with Crippen molar-refractivity contribution in [2.45, 2.75) is 12.8 Å². The zero-order valence-electron chi connectivity index (χ0n) is 6.56. The molecule has 0 spiro atoms. The summed E-state index contributed by atoms with van der Waals surface area (Å²) >= 11 is 7.86. The maximum Gasteiger partial charge on any atom is 0.100 e. The molecule has 1 rings (SSSR count). The van der Waals surface area contributed by atoms with E-state index in [0.29, 0.717) is 5.88 Å². The zero-order chi connectivity index (χ0) is 9.14. The van der Waals surface area contributed by atoms with E-state index in [2.05, 4.69) is 28.7 Å². The van der Waals surface area contributed by atoms with E-state index in [9.17, 15) is 0 Å². The molecule has 0 aliphatic rings. The van der Waals surface area contributed by atoms with Gasteiger partial charge in [0.1, 0.15) is 6.07 Å². The van der Waals surface area contributed by atoms with Crippen LogP contribution in [0.3, 0.4) is 0 Å². The Balaban J connectivity index is 3.28. The molecule has 0 N–H and O–H groups in total. The van der Waals surface area contributed by atoms with Crippen LogP contribution in [-0.4, -0.2) is 0 Å². The summed E-state index contributed by atoms with van der Waals surface area (Å²) in [5.41, 5.74) is 2.91. The molecule has 0 amide bonds. The number of aryl methyl sites for hydroxylation is 1. The van der Waals surface area contributed by atoms with Crippen molar-refractivity contribution in [3.63, 3.8) is 0 Å². The molecule has 0 fully saturated rings. The van der Waals surface area contributed by atoms with Gasteiger partial charge in [-0.05, 0) is 52.8 Å². The van der Waals surface area contributed by atoms with Crippen molar-refractivity contribution in [3.8, 4) is 6.07 Å². The highest BCUT2D eigenvalue weighted by Gasteiger charge is 2.03. The third kappa shape index (κ3) is 1.90. The Kier molecular flexibility index (Phi) is 3.36. The van der Waals surface area contributed by atoms with Gasteiger partial charge in [-0.2, -0.15) is 5.26 Å². The molecule has 0 unspecified atom stereocenters. The third-order valence-corrected chi connectivity index (χ3v) is 2.87. The molecule has 0 aliphatic carbocycles. The number of nitrogens with zero attached hydrogens (tertiary/aromatic N) is 1. The molecule has 3 heteroatoms. The molecule has 0 aromatic heterocycles. The minimum Gasteiger partial charge on any atom is -0.192 e. The summed E-state index contributed by atoms with van der Waals surface area (Å²) in [5.74, 6) is 0.507. The smallest absolute Gasteiger partial charge is 0.100 e. The number of halogens is 2. The number of rotatable bonds is 1. The zero-order valence-corrected chi connectivity index (χ0v) is 9.48. The Morgan fingerprint density at radius 2 is 2.25 bits per heavy atom. The fraction of sp³-hybridized carbons (Fsp3) is 0.222. The second kappa shape index (κ2) is 4.11. The summed E-state index contributed by atoms with van der Waals surface area (Å²) in [7, 11) is 0. The number of nitriles is 1. The first-order valence-corrected chi connectivity index (χ1v) is 5.05. The van der Waals surface area contributed by atoms with Crippen LogP contribution in [-0.2, 0) is 5.88 Å². The van der Waals surface area contributed by atoms with Crippen LogP contribution >= 0.6 is 34.2 Å². The van der Waals surface area contributed by atoms with Gasteiger partial charge in [-0.3, -0.25) is 0 Å². The molecule has 0 atom stereocenters. The van der Waals surface area contributed by atoms with E-state index in [-0.39, 0.29) is 0 Å². The Morgan fingerprint density at radius 1 is 1.58 bits per heavy atom. The lowest BCUT2D eigenvalue weighted by Gasteiger charge is -2.03. The summed E-state index contributed by atoms with van der Waals surface area (Å²) in [6.45, 7) is 1.97. The molecule has 1 nitrogen and oxygen atoms in total. The number of benzene rings is 1. The van der Waals surface area contributed by atoms with Gasteiger partial charge >= 0.3 is 0 Å². The van der Waals surface area contributed by atoms with Crippen molar-refractivity contribution in [2.75, 3.05) is 0 Å². The van der Waals surface area contributed by atoms with Crippen LogP contribution in [0.1, 0.15) is 16.7 Å². The molecule has 12 heavy (non-hydrogen) atoms. The van der Waals surface area contributed by atoms with E-state index in [1.165, 1.54) is 0 Å². The Morgan fingerprint density at radius 3 is 2.75 bits per heavy atom. The highest BCUT2D eigenvalue weighted by atomic mass is 127. The predicted octanol–water partition coefficient (Wildman–Crippen LogP) is 3.21. The average molecular weight is 292 g/mol. The van der Waals surface area contributed by atoms with E-state index in [0.717, 1.165) is 20.3 Å². The summed E-state index contributed by atoms with van der Waals surface area (Å²) in [6, 6.07) is 5.97. The molecule has 1 aromatic rings. The molecule has 0 saturated carbocycles. The molecule has 1 aromatic carbocycles. The van der Waals surface area contributed by atoms with Gasteiger partial charge in [-0.15, -0.1) is 11.6 Å². The first kappa shape index (κ1) is 9.82. The topological polar surface area (TPSA) is 23.8 Å². The van der Waals surface area contributed by atoms with Gasteiger partial charge in [0, 0.05) is 9.45 Å². The van der Waals surface area contributed by atoms with Gasteiger partial charge in [-0.1, -0.05) is 0 Å². The van der Waals surface area contributed by atoms with E-state index >= 15 is 0 Å². The Bertz CT molecular complexity index is 340. The molecule has 0 bridgehead atoms. The number of hydrogen-bond acceptors (Lipinski definition) is 1. The molecular formula is C9H7ClIN. The highest BCUT2D eigenvalue weighted by molar-refractivity contribution is 14.1. The van der Waals surface area contributed by atoms with Crippen molar-refractivity contribution in [2.24, 2.45) is 0 Å².